The summed E-state index contributed by atoms with van der Waals surface area (Å²) in [7, 11) is 0.846. The molecule has 112 valence electrons. The molecule has 1 rings (SSSR count). The summed E-state index contributed by atoms with van der Waals surface area (Å²) in [5, 5.41) is -0.677. The van der Waals surface area contributed by atoms with Crippen LogP contribution in [-0.2, 0) is 24.3 Å². The monoisotopic (exact) mass is 293 g/mol. The van der Waals surface area contributed by atoms with Crippen LogP contribution in [0, 0.1) is 5.92 Å². The largest absolute Gasteiger partial charge is 0.469 e. The number of nitrogens with zero attached hydrogens (tertiary/aromatic N) is 1. The smallest absolute Gasteiger partial charge is 0.310 e. The molecule has 0 saturated heterocycles. The third kappa shape index (κ3) is 3.46. The van der Waals surface area contributed by atoms with Gasteiger partial charge in [0.15, 0.2) is 0 Å². The van der Waals surface area contributed by atoms with Crippen molar-refractivity contribution < 1.29 is 22.7 Å². The van der Waals surface area contributed by atoms with Crippen molar-refractivity contribution in [3.8, 4) is 0 Å². The normalized spacial score (nSPS) is 25.5. The van der Waals surface area contributed by atoms with Gasteiger partial charge in [-0.25, -0.2) is 8.42 Å². The molecule has 3 unspecified atom stereocenters. The first kappa shape index (κ1) is 16.4. The summed E-state index contributed by atoms with van der Waals surface area (Å²) in [6, 6.07) is -0.256. The number of sulfonamides is 1. The van der Waals surface area contributed by atoms with Crippen LogP contribution in [0.15, 0.2) is 0 Å². The zero-order chi connectivity index (χ0) is 14.6. The predicted molar refractivity (Wildman–Crippen MR) is 71.2 cm³/mol. The van der Waals surface area contributed by atoms with Crippen molar-refractivity contribution in [2.75, 3.05) is 27.9 Å². The highest BCUT2D eigenvalue weighted by Crippen LogP contribution is 2.33. The van der Waals surface area contributed by atoms with E-state index in [9.17, 15) is 13.2 Å². The number of hydrogen-bond acceptors (Lipinski definition) is 5. The Morgan fingerprint density at radius 3 is 2.53 bits per heavy atom. The molecule has 0 aliphatic heterocycles. The van der Waals surface area contributed by atoms with Gasteiger partial charge in [-0.3, -0.25) is 4.79 Å². The number of methoxy groups -OCH3 is 2. The summed E-state index contributed by atoms with van der Waals surface area (Å²) in [6.07, 6.45) is 1.81. The van der Waals surface area contributed by atoms with Crippen molar-refractivity contribution in [2.24, 2.45) is 5.92 Å². The molecule has 0 aromatic carbocycles. The van der Waals surface area contributed by atoms with Crippen LogP contribution in [0.4, 0.5) is 0 Å². The van der Waals surface area contributed by atoms with Crippen molar-refractivity contribution >= 4 is 16.0 Å². The Kier molecular flexibility index (Phi) is 5.76. The second kappa shape index (κ2) is 6.67. The van der Waals surface area contributed by atoms with Gasteiger partial charge in [0.2, 0.25) is 10.0 Å². The minimum Gasteiger partial charge on any atom is -0.469 e. The van der Waals surface area contributed by atoms with Crippen LogP contribution in [0.25, 0.3) is 0 Å². The molecule has 1 saturated carbocycles. The summed E-state index contributed by atoms with van der Waals surface area (Å²) < 4.78 is 36.1. The van der Waals surface area contributed by atoms with Gasteiger partial charge in [-0.05, 0) is 19.8 Å². The quantitative estimate of drug-likeness (QED) is 0.671. The van der Waals surface area contributed by atoms with Crippen LogP contribution in [0.5, 0.6) is 0 Å². The Morgan fingerprint density at radius 1 is 1.37 bits per heavy atom. The average Bonchev–Trinajstić information content (AvgIpc) is 2.87. The number of ether oxygens (including phenoxy) is 2. The number of rotatable bonds is 6. The average molecular weight is 293 g/mol. The highest BCUT2D eigenvalue weighted by atomic mass is 32.2. The summed E-state index contributed by atoms with van der Waals surface area (Å²) in [4.78, 5) is 11.7. The number of likely N-dealkylation sites (N-methyl/N-ethyl adjacent to an activating group) is 1. The molecule has 0 bridgehead atoms. The van der Waals surface area contributed by atoms with Crippen LogP contribution in [0.2, 0.25) is 0 Å². The molecule has 0 spiro atoms. The van der Waals surface area contributed by atoms with E-state index in [0.29, 0.717) is 19.4 Å². The van der Waals surface area contributed by atoms with Gasteiger partial charge in [-0.2, -0.15) is 4.31 Å². The molecule has 0 aromatic heterocycles. The first-order valence-corrected chi connectivity index (χ1v) is 7.90. The summed E-state index contributed by atoms with van der Waals surface area (Å²) in [6.45, 7) is 2.11. The van der Waals surface area contributed by atoms with E-state index in [1.54, 1.807) is 6.92 Å². The van der Waals surface area contributed by atoms with E-state index >= 15 is 0 Å². The van der Waals surface area contributed by atoms with Gasteiger partial charge in [-0.15, -0.1) is 0 Å². The molecule has 1 aliphatic carbocycles. The number of hydrogen-bond donors (Lipinski definition) is 0. The van der Waals surface area contributed by atoms with Crippen molar-refractivity contribution in [3.63, 3.8) is 0 Å². The standard InChI is InChI=1S/C12H23NO5S/c1-9(8-17-3)13(2)19(15,16)11-7-5-6-10(11)12(14)18-4/h9-11H,5-8H2,1-4H3. The van der Waals surface area contributed by atoms with Crippen LogP contribution >= 0.6 is 0 Å². The second-order valence-corrected chi connectivity index (χ2v) is 7.18. The van der Waals surface area contributed by atoms with E-state index < -0.39 is 27.2 Å². The Bertz CT molecular complexity index is 408. The molecule has 6 nitrogen and oxygen atoms in total. The maximum absolute atomic E-state index is 12.5. The fourth-order valence-corrected chi connectivity index (χ4v) is 4.63. The van der Waals surface area contributed by atoms with E-state index in [1.165, 1.54) is 25.6 Å². The first-order chi connectivity index (χ1) is 8.86. The van der Waals surface area contributed by atoms with Gasteiger partial charge < -0.3 is 9.47 Å². The molecule has 3 atom stereocenters. The Balaban J connectivity index is 2.89. The van der Waals surface area contributed by atoms with Crippen molar-refractivity contribution in [1.29, 1.82) is 0 Å². The van der Waals surface area contributed by atoms with E-state index in [2.05, 4.69) is 0 Å². The van der Waals surface area contributed by atoms with Gasteiger partial charge in [0, 0.05) is 20.2 Å². The van der Waals surface area contributed by atoms with Gasteiger partial charge in [0.05, 0.1) is 24.9 Å². The zero-order valence-electron chi connectivity index (χ0n) is 12.0. The SMILES string of the molecule is COCC(C)N(C)S(=O)(=O)C1CCCC1C(=O)OC. The number of esters is 1. The lowest BCUT2D eigenvalue weighted by Crippen LogP contribution is -2.45. The molecule has 1 aliphatic rings. The minimum atomic E-state index is -3.51. The van der Waals surface area contributed by atoms with Crippen LogP contribution in [0.1, 0.15) is 26.2 Å². The Hall–Kier alpha value is -0.660. The molecule has 19 heavy (non-hydrogen) atoms. The highest BCUT2D eigenvalue weighted by Gasteiger charge is 2.44. The molecule has 1 fully saturated rings. The molecule has 0 radical (unpaired) electrons. The van der Waals surface area contributed by atoms with Gasteiger partial charge >= 0.3 is 5.97 Å². The van der Waals surface area contributed by atoms with Crippen molar-refractivity contribution in [1.82, 2.24) is 4.31 Å². The maximum atomic E-state index is 12.5. The van der Waals surface area contributed by atoms with Crippen LogP contribution in [-0.4, -0.2) is 57.9 Å². The predicted octanol–water partition coefficient (Wildman–Crippen LogP) is 0.625. The number of carbonyl (C=O) groups excluding carboxylic acids is 1. The molecule has 0 amide bonds. The van der Waals surface area contributed by atoms with Gasteiger partial charge in [0.25, 0.3) is 0 Å². The molecule has 0 aromatic rings. The van der Waals surface area contributed by atoms with E-state index in [-0.39, 0.29) is 6.04 Å². The van der Waals surface area contributed by atoms with E-state index in [4.69, 9.17) is 9.47 Å². The third-order valence-corrected chi connectivity index (χ3v) is 6.26. The second-order valence-electron chi connectivity index (χ2n) is 4.96. The minimum absolute atomic E-state index is 0.256. The Labute approximate surface area is 115 Å². The van der Waals surface area contributed by atoms with Crippen LogP contribution in [0.3, 0.4) is 0 Å². The topological polar surface area (TPSA) is 72.9 Å². The third-order valence-electron chi connectivity index (χ3n) is 3.77. The summed E-state index contributed by atoms with van der Waals surface area (Å²) >= 11 is 0. The molecule has 7 heteroatoms. The Morgan fingerprint density at radius 2 is 2.00 bits per heavy atom. The van der Waals surface area contributed by atoms with E-state index in [0.717, 1.165) is 6.42 Å². The van der Waals surface area contributed by atoms with Gasteiger partial charge in [-0.1, -0.05) is 6.42 Å². The van der Waals surface area contributed by atoms with Crippen molar-refractivity contribution in [3.05, 3.63) is 0 Å². The summed E-state index contributed by atoms with van der Waals surface area (Å²) in [5.41, 5.74) is 0. The van der Waals surface area contributed by atoms with Crippen LogP contribution < -0.4 is 0 Å². The first-order valence-electron chi connectivity index (χ1n) is 6.39. The lowest BCUT2D eigenvalue weighted by atomic mass is 10.1. The molecule has 0 N–H and O–H groups in total. The summed E-state index contributed by atoms with van der Waals surface area (Å²) in [5.74, 6) is -0.980. The van der Waals surface area contributed by atoms with E-state index in [1.807, 2.05) is 0 Å². The fraction of sp³-hybridized carbons (Fsp3) is 0.917. The lowest BCUT2D eigenvalue weighted by molar-refractivity contribution is -0.145. The van der Waals surface area contributed by atoms with Crippen molar-refractivity contribution in [2.45, 2.75) is 37.5 Å². The molecular formula is C12H23NO5S. The highest BCUT2D eigenvalue weighted by molar-refractivity contribution is 7.89. The number of carbonyl (C=O) groups is 1. The zero-order valence-corrected chi connectivity index (χ0v) is 12.8. The fourth-order valence-electron chi connectivity index (χ4n) is 2.51. The molecular weight excluding hydrogens is 270 g/mol. The molecule has 0 heterocycles. The van der Waals surface area contributed by atoms with Gasteiger partial charge in [0.1, 0.15) is 0 Å². The lowest BCUT2D eigenvalue weighted by Gasteiger charge is -2.28. The maximum Gasteiger partial charge on any atom is 0.310 e.